The summed E-state index contributed by atoms with van der Waals surface area (Å²) >= 11 is 0. The summed E-state index contributed by atoms with van der Waals surface area (Å²) in [6.07, 6.45) is -4.41. The van der Waals surface area contributed by atoms with Gasteiger partial charge in [0.2, 0.25) is 0 Å². The highest BCUT2D eigenvalue weighted by Gasteiger charge is 2.30. The zero-order chi connectivity index (χ0) is 23.4. The molecule has 0 bridgehead atoms. The maximum Gasteiger partial charge on any atom is 0.416 e. The maximum absolute atomic E-state index is 12.7. The monoisotopic (exact) mass is 447 g/mol. The molecule has 2 aromatic rings. The molecule has 2 N–H and O–H groups in total. The Morgan fingerprint density at radius 2 is 1.78 bits per heavy atom. The topological polar surface area (TPSA) is 53.6 Å². The Morgan fingerprint density at radius 1 is 1.06 bits per heavy atom. The molecule has 2 rings (SSSR count). The number of carbonyl (C=O) groups is 1. The molecule has 0 radical (unpaired) electrons. The van der Waals surface area contributed by atoms with Crippen molar-refractivity contribution >= 4 is 6.03 Å². The summed E-state index contributed by atoms with van der Waals surface area (Å²) in [6.45, 7) is 8.03. The van der Waals surface area contributed by atoms with E-state index in [4.69, 9.17) is 4.74 Å². The van der Waals surface area contributed by atoms with Gasteiger partial charge in [-0.1, -0.05) is 43.9 Å². The van der Waals surface area contributed by atoms with Crippen LogP contribution in [0.15, 0.2) is 48.5 Å². The van der Waals surface area contributed by atoms with Gasteiger partial charge in [-0.05, 0) is 49.0 Å². The molecular weight excluding hydrogens is 419 g/mol. The van der Waals surface area contributed by atoms with Crippen LogP contribution in [0.1, 0.15) is 30.5 Å². The van der Waals surface area contributed by atoms with Crippen molar-refractivity contribution in [1.29, 1.82) is 0 Å². The van der Waals surface area contributed by atoms with Crippen molar-refractivity contribution in [2.24, 2.45) is 0 Å². The van der Waals surface area contributed by atoms with Crippen molar-refractivity contribution in [3.63, 3.8) is 0 Å². The van der Waals surface area contributed by atoms with Crippen LogP contribution in [0.3, 0.4) is 0 Å². The molecule has 0 heterocycles. The first-order chi connectivity index (χ1) is 15.3. The van der Waals surface area contributed by atoms with Crippen molar-refractivity contribution in [1.82, 2.24) is 15.5 Å². The van der Waals surface area contributed by atoms with E-state index in [9.17, 15) is 18.0 Å². The van der Waals surface area contributed by atoms with E-state index >= 15 is 0 Å². The summed E-state index contributed by atoms with van der Waals surface area (Å²) in [5.41, 5.74) is 0.392. The Labute approximate surface area is 186 Å². The number of hydrogen-bond acceptors (Lipinski definition) is 3. The number of alkyl halides is 3. The number of ether oxygens (including phenoxy) is 1. The third-order valence-corrected chi connectivity index (χ3v) is 4.71. The van der Waals surface area contributed by atoms with Crippen LogP contribution in [0.25, 0.3) is 0 Å². The molecule has 0 atom stereocenters. The van der Waals surface area contributed by atoms with E-state index in [0.29, 0.717) is 13.2 Å². The second kappa shape index (κ2) is 12.6. The van der Waals surface area contributed by atoms with Crippen molar-refractivity contribution in [2.75, 3.05) is 32.8 Å². The molecule has 8 heteroatoms. The van der Waals surface area contributed by atoms with E-state index in [1.807, 2.05) is 24.3 Å². The summed E-state index contributed by atoms with van der Waals surface area (Å²) in [5, 5.41) is 5.26. The van der Waals surface area contributed by atoms with E-state index in [-0.39, 0.29) is 12.1 Å². The van der Waals surface area contributed by atoms with E-state index < -0.39 is 17.8 Å². The maximum atomic E-state index is 12.7. The number of benzene rings is 2. The quantitative estimate of drug-likeness (QED) is 0.565. The lowest BCUT2D eigenvalue weighted by molar-refractivity contribution is -0.137. The predicted molar refractivity (Wildman–Crippen MR) is 118 cm³/mol. The fraction of sp³-hybridized carbons (Fsp3) is 0.375. The lowest BCUT2D eigenvalue weighted by Crippen LogP contribution is -2.35. The van der Waals surface area contributed by atoms with E-state index in [1.165, 1.54) is 12.1 Å². The van der Waals surface area contributed by atoms with Crippen LogP contribution in [0.4, 0.5) is 18.0 Å². The largest absolute Gasteiger partial charge is 0.492 e. The third-order valence-electron chi connectivity index (χ3n) is 4.71. The van der Waals surface area contributed by atoms with Gasteiger partial charge in [0.05, 0.1) is 12.1 Å². The summed E-state index contributed by atoms with van der Waals surface area (Å²) in [4.78, 5) is 14.2. The third kappa shape index (κ3) is 8.90. The molecule has 172 valence electrons. The molecule has 0 saturated heterocycles. The van der Waals surface area contributed by atoms with Crippen LogP contribution in [0.5, 0.6) is 5.75 Å². The summed E-state index contributed by atoms with van der Waals surface area (Å²) in [6, 6.07) is 11.8. The fourth-order valence-corrected chi connectivity index (χ4v) is 2.82. The standard InChI is InChI=1S/C24H28F3N3O2/c1-3-30(4-2)15-16-32-22-12-10-20(11-13-22)18-29-23(31)28-14-6-8-19-7-5-9-21(17-19)24(25,26)27/h5,7,9-13,17H,3-4,14-16,18H2,1-2H3,(H2,28,29,31). The lowest BCUT2D eigenvalue weighted by Gasteiger charge is -2.18. The van der Waals surface area contributed by atoms with E-state index in [1.54, 1.807) is 0 Å². The zero-order valence-electron chi connectivity index (χ0n) is 18.3. The molecule has 2 aromatic carbocycles. The number of halogens is 3. The summed E-state index contributed by atoms with van der Waals surface area (Å²) in [7, 11) is 0. The Bertz CT molecular complexity index is 915. The zero-order valence-corrected chi connectivity index (χ0v) is 18.3. The van der Waals surface area contributed by atoms with Crippen LogP contribution >= 0.6 is 0 Å². The van der Waals surface area contributed by atoms with Gasteiger partial charge in [-0.3, -0.25) is 0 Å². The highest BCUT2D eigenvalue weighted by molar-refractivity contribution is 5.74. The molecule has 0 aliphatic carbocycles. The van der Waals surface area contributed by atoms with Crippen LogP contribution in [-0.4, -0.2) is 43.7 Å². The molecule has 5 nitrogen and oxygen atoms in total. The van der Waals surface area contributed by atoms with Crippen LogP contribution < -0.4 is 15.4 Å². The van der Waals surface area contributed by atoms with Crippen LogP contribution in [-0.2, 0) is 12.7 Å². The Hall–Kier alpha value is -3.18. The average molecular weight is 448 g/mol. The van der Waals surface area contributed by atoms with Gasteiger partial charge in [0, 0.05) is 18.7 Å². The number of likely N-dealkylation sites (N-methyl/N-ethyl adjacent to an activating group) is 1. The van der Waals surface area contributed by atoms with E-state index in [0.717, 1.165) is 43.1 Å². The van der Waals surface area contributed by atoms with Crippen molar-refractivity contribution < 1.29 is 22.7 Å². The number of rotatable bonds is 9. The van der Waals surface area contributed by atoms with Crippen molar-refractivity contribution in [2.45, 2.75) is 26.6 Å². The van der Waals surface area contributed by atoms with Gasteiger partial charge in [-0.2, -0.15) is 13.2 Å². The first-order valence-corrected chi connectivity index (χ1v) is 10.4. The minimum absolute atomic E-state index is 0.0153. The molecule has 2 amide bonds. The van der Waals surface area contributed by atoms with Gasteiger partial charge in [0.25, 0.3) is 0 Å². The smallest absolute Gasteiger partial charge is 0.416 e. The SMILES string of the molecule is CCN(CC)CCOc1ccc(CNC(=O)NCC#Cc2cccc(C(F)(F)F)c2)cc1. The number of nitrogens with one attached hydrogen (secondary N) is 2. The summed E-state index contributed by atoms with van der Waals surface area (Å²) in [5.74, 6) is 6.03. The molecule has 0 spiro atoms. The molecule has 0 fully saturated rings. The number of nitrogens with zero attached hydrogens (tertiary/aromatic N) is 1. The molecular formula is C24H28F3N3O2. The van der Waals surface area contributed by atoms with Gasteiger partial charge >= 0.3 is 12.2 Å². The van der Waals surface area contributed by atoms with Crippen molar-refractivity contribution in [3.8, 4) is 17.6 Å². The predicted octanol–water partition coefficient (Wildman–Crippen LogP) is 4.28. The van der Waals surface area contributed by atoms with E-state index in [2.05, 4.69) is 41.2 Å². The molecule has 32 heavy (non-hydrogen) atoms. The normalized spacial score (nSPS) is 10.9. The minimum atomic E-state index is -4.41. The average Bonchev–Trinajstić information content (AvgIpc) is 2.78. The molecule has 0 aliphatic heterocycles. The highest BCUT2D eigenvalue weighted by atomic mass is 19.4. The van der Waals surface area contributed by atoms with Crippen molar-refractivity contribution in [3.05, 3.63) is 65.2 Å². The van der Waals surface area contributed by atoms with Gasteiger partial charge in [0.1, 0.15) is 12.4 Å². The number of carbonyl (C=O) groups excluding carboxylic acids is 1. The van der Waals surface area contributed by atoms with Gasteiger partial charge in [-0.25, -0.2) is 4.79 Å². The lowest BCUT2D eigenvalue weighted by atomic mass is 10.1. The van der Waals surface area contributed by atoms with Crippen LogP contribution in [0.2, 0.25) is 0 Å². The molecule has 0 saturated carbocycles. The fourth-order valence-electron chi connectivity index (χ4n) is 2.82. The number of hydrogen-bond donors (Lipinski definition) is 2. The first kappa shape index (κ1) is 25.1. The van der Waals surface area contributed by atoms with Crippen LogP contribution in [0, 0.1) is 11.8 Å². The van der Waals surface area contributed by atoms with Gasteiger partial charge < -0.3 is 20.3 Å². The highest BCUT2D eigenvalue weighted by Crippen LogP contribution is 2.29. The molecule has 0 unspecified atom stereocenters. The number of amides is 2. The Balaban J connectivity index is 1.71. The first-order valence-electron chi connectivity index (χ1n) is 10.4. The Kier molecular flexibility index (Phi) is 9.89. The Morgan fingerprint density at radius 3 is 2.44 bits per heavy atom. The number of urea groups is 1. The second-order valence-electron chi connectivity index (χ2n) is 6.94. The molecule has 0 aliphatic rings. The van der Waals surface area contributed by atoms with Gasteiger partial charge in [0.15, 0.2) is 0 Å². The summed E-state index contributed by atoms with van der Waals surface area (Å²) < 4.78 is 43.8. The molecule has 0 aromatic heterocycles. The second-order valence-corrected chi connectivity index (χ2v) is 6.94. The minimum Gasteiger partial charge on any atom is -0.492 e. The van der Waals surface area contributed by atoms with Gasteiger partial charge in [-0.15, -0.1) is 0 Å².